The summed E-state index contributed by atoms with van der Waals surface area (Å²) in [5.41, 5.74) is 2.92. The van der Waals surface area contributed by atoms with E-state index < -0.39 is 7.75 Å². The van der Waals surface area contributed by atoms with E-state index in [4.69, 9.17) is 9.05 Å². The quantitative estimate of drug-likeness (QED) is 0.0309. The number of rotatable bonds is 46. The molecule has 0 aliphatic carbocycles. The van der Waals surface area contributed by atoms with Crippen molar-refractivity contribution in [2.75, 3.05) is 47.4 Å². The Morgan fingerprint density at radius 1 is 0.484 bits per heavy atom. The van der Waals surface area contributed by atoms with Crippen LogP contribution in [0.15, 0.2) is 60.7 Å². The molecule has 0 amide bonds. The van der Waals surface area contributed by atoms with Crippen molar-refractivity contribution in [3.8, 4) is 0 Å². The Hall–Kier alpha value is -0.790. The SMILES string of the molecule is CCCCCCCCC(CCCCCCCCCOP(=O)(NCC[N+](C)(C)C)OCCCCCCCCCC(CCCCCCCC)SCc1ccccc1)SCc1ccccc1.[CH3-]. The Morgan fingerprint density at radius 3 is 1.12 bits per heavy atom. The van der Waals surface area contributed by atoms with Gasteiger partial charge in [0.25, 0.3) is 0 Å². The molecule has 0 aliphatic rings. The summed E-state index contributed by atoms with van der Waals surface area (Å²) in [4.78, 5) is 0. The Bertz CT molecular complexity index is 1230. The molecule has 0 radical (unpaired) electrons. The van der Waals surface area contributed by atoms with Crippen molar-refractivity contribution in [3.05, 3.63) is 79.2 Å². The van der Waals surface area contributed by atoms with Crippen molar-refractivity contribution in [1.82, 2.24) is 5.09 Å². The minimum Gasteiger partial charge on any atom is -0.358 e. The number of nitrogens with one attached hydrogen (secondary N) is 1. The van der Waals surface area contributed by atoms with Gasteiger partial charge < -0.3 is 11.9 Å². The van der Waals surface area contributed by atoms with E-state index in [2.05, 4.69) is 124 Å². The molecule has 5 nitrogen and oxygen atoms in total. The average molecular weight is 948 g/mol. The molecule has 0 spiro atoms. The van der Waals surface area contributed by atoms with Crippen LogP contribution in [0.3, 0.4) is 0 Å². The zero-order chi connectivity index (χ0) is 45.4. The molecule has 2 aromatic carbocycles. The third-order valence-corrected chi connectivity index (χ3v) is 16.9. The maximum absolute atomic E-state index is 13.8. The van der Waals surface area contributed by atoms with Gasteiger partial charge in [0, 0.05) is 22.0 Å². The third-order valence-electron chi connectivity index (χ3n) is 12.4. The molecule has 64 heavy (non-hydrogen) atoms. The van der Waals surface area contributed by atoms with Gasteiger partial charge in [-0.25, -0.2) is 9.65 Å². The van der Waals surface area contributed by atoms with Crippen molar-refractivity contribution >= 4 is 31.3 Å². The van der Waals surface area contributed by atoms with Gasteiger partial charge in [-0.3, -0.25) is 9.05 Å². The summed E-state index contributed by atoms with van der Waals surface area (Å²) in [6.45, 7) is 7.09. The molecule has 1 N–H and O–H groups in total. The summed E-state index contributed by atoms with van der Waals surface area (Å²) in [5.74, 6) is 2.28. The lowest BCUT2D eigenvalue weighted by atomic mass is 10.0. The monoisotopic (exact) mass is 947 g/mol. The predicted molar refractivity (Wildman–Crippen MR) is 290 cm³/mol. The Kier molecular flexibility index (Phi) is 40.5. The zero-order valence-corrected chi connectivity index (χ0v) is 45.3. The fourth-order valence-electron chi connectivity index (χ4n) is 8.24. The largest absolute Gasteiger partial charge is 0.405 e. The third kappa shape index (κ3) is 37.2. The van der Waals surface area contributed by atoms with Crippen molar-refractivity contribution in [3.63, 3.8) is 0 Å². The first-order valence-electron chi connectivity index (χ1n) is 26.5. The molecule has 0 saturated heterocycles. The fourth-order valence-corrected chi connectivity index (χ4v) is 12.2. The van der Waals surface area contributed by atoms with Gasteiger partial charge in [0.1, 0.15) is 0 Å². The first kappa shape index (κ1) is 61.2. The highest BCUT2D eigenvalue weighted by Gasteiger charge is 2.25. The smallest absolute Gasteiger partial charge is 0.358 e. The molecular formula is C56H103N2O3PS2. The van der Waals surface area contributed by atoms with Crippen LogP contribution in [-0.4, -0.2) is 62.4 Å². The number of benzene rings is 2. The van der Waals surface area contributed by atoms with Gasteiger partial charge in [-0.1, -0.05) is 229 Å². The van der Waals surface area contributed by atoms with Gasteiger partial charge in [0.15, 0.2) is 0 Å². The molecule has 0 heterocycles. The van der Waals surface area contributed by atoms with Crippen molar-refractivity contribution < 1.29 is 18.1 Å². The van der Waals surface area contributed by atoms with Gasteiger partial charge in [-0.15, -0.1) is 0 Å². The molecule has 0 aromatic heterocycles. The molecular weight excluding hydrogens is 844 g/mol. The highest BCUT2D eigenvalue weighted by atomic mass is 32.2. The van der Waals surface area contributed by atoms with Crippen molar-refractivity contribution in [1.29, 1.82) is 0 Å². The van der Waals surface area contributed by atoms with E-state index in [-0.39, 0.29) is 7.43 Å². The first-order chi connectivity index (χ1) is 30.7. The van der Waals surface area contributed by atoms with Gasteiger partial charge >= 0.3 is 7.75 Å². The van der Waals surface area contributed by atoms with E-state index in [0.717, 1.165) is 58.7 Å². The summed E-state index contributed by atoms with van der Waals surface area (Å²) in [6, 6.07) is 22.0. The Labute approximate surface area is 407 Å². The van der Waals surface area contributed by atoms with E-state index >= 15 is 0 Å². The highest BCUT2D eigenvalue weighted by Crippen LogP contribution is 2.44. The zero-order valence-electron chi connectivity index (χ0n) is 42.8. The van der Waals surface area contributed by atoms with Crippen LogP contribution in [0.4, 0.5) is 0 Å². The van der Waals surface area contributed by atoms with E-state index in [9.17, 15) is 4.57 Å². The van der Waals surface area contributed by atoms with Crippen LogP contribution in [0.1, 0.15) is 218 Å². The summed E-state index contributed by atoms with van der Waals surface area (Å²) < 4.78 is 26.6. The minimum atomic E-state index is -3.31. The molecule has 372 valence electrons. The number of quaternary nitrogens is 1. The van der Waals surface area contributed by atoms with E-state index in [1.165, 1.54) is 178 Å². The number of nitrogens with zero attached hydrogens (tertiary/aromatic N) is 1. The molecule has 0 saturated carbocycles. The number of likely N-dealkylation sites (N-methyl/N-ethyl adjacent to an activating group) is 1. The minimum absolute atomic E-state index is 0. The number of hydrogen-bond acceptors (Lipinski definition) is 5. The lowest BCUT2D eigenvalue weighted by Crippen LogP contribution is -2.40. The van der Waals surface area contributed by atoms with E-state index in [0.29, 0.717) is 19.8 Å². The van der Waals surface area contributed by atoms with Crippen LogP contribution >= 0.6 is 31.3 Å². The number of thioether (sulfide) groups is 2. The highest BCUT2D eigenvalue weighted by molar-refractivity contribution is 7.99. The molecule has 2 aromatic rings. The average Bonchev–Trinajstić information content (AvgIpc) is 3.27. The Morgan fingerprint density at radius 2 is 0.797 bits per heavy atom. The topological polar surface area (TPSA) is 47.6 Å². The van der Waals surface area contributed by atoms with Gasteiger partial charge in [-0.2, -0.15) is 23.5 Å². The van der Waals surface area contributed by atoms with Crippen molar-refractivity contribution in [2.24, 2.45) is 0 Å². The van der Waals surface area contributed by atoms with Crippen LogP contribution in [0, 0.1) is 7.43 Å². The van der Waals surface area contributed by atoms with Gasteiger partial charge in [0.05, 0.1) is 47.4 Å². The summed E-state index contributed by atoms with van der Waals surface area (Å²) in [6.07, 6.45) is 39.2. The molecule has 2 rings (SSSR count). The molecule has 2 unspecified atom stereocenters. The molecule has 2 atom stereocenters. The Balaban J connectivity index is 0.0000205. The van der Waals surface area contributed by atoms with E-state index in [1.54, 1.807) is 0 Å². The molecule has 0 bridgehead atoms. The summed E-state index contributed by atoms with van der Waals surface area (Å²) in [5, 5.41) is 4.77. The summed E-state index contributed by atoms with van der Waals surface area (Å²) >= 11 is 4.38. The van der Waals surface area contributed by atoms with Crippen LogP contribution in [0.2, 0.25) is 0 Å². The second kappa shape index (κ2) is 42.3. The second-order valence-corrected chi connectivity index (χ2v) is 24.0. The van der Waals surface area contributed by atoms with E-state index in [1.807, 2.05) is 0 Å². The summed E-state index contributed by atoms with van der Waals surface area (Å²) in [7, 11) is 3.17. The van der Waals surface area contributed by atoms with Crippen LogP contribution in [0.25, 0.3) is 0 Å². The normalized spacial score (nSPS) is 13.7. The predicted octanol–water partition coefficient (Wildman–Crippen LogP) is 18.2. The lowest BCUT2D eigenvalue weighted by Gasteiger charge is -2.25. The van der Waals surface area contributed by atoms with Crippen LogP contribution in [0.5, 0.6) is 0 Å². The maximum Gasteiger partial charge on any atom is 0.405 e. The fraction of sp³-hybridized carbons (Fsp3) is 0.768. The standard InChI is InChI=1S/C55H100N2O3PS2.CH3/c1-6-8-10-12-20-32-42-54(62-50-52-38-28-26-29-39-52)44-34-22-16-14-18-24-36-48-59-61(58,56-46-47-57(3,4)5)60-49-37-25-19-15-17-23-35-45-55(43-33-21-13-11-9-7-2)63-51-53-40-30-27-31-41-53;/h26-31,38-41,54-55H,6-25,32-37,42-51H2,1-5H3,(H,56,58);1H3/q+1;-1. The molecule has 0 fully saturated rings. The van der Waals surface area contributed by atoms with Gasteiger partial charge in [0.2, 0.25) is 0 Å². The molecule has 0 aliphatic heterocycles. The van der Waals surface area contributed by atoms with Crippen LogP contribution in [-0.2, 0) is 25.1 Å². The number of unbranched alkanes of at least 4 members (excludes halogenated alkanes) is 22. The lowest BCUT2D eigenvalue weighted by molar-refractivity contribution is -0.869. The van der Waals surface area contributed by atoms with Crippen molar-refractivity contribution in [2.45, 2.75) is 228 Å². The van der Waals surface area contributed by atoms with Crippen LogP contribution < -0.4 is 5.09 Å². The number of hydrogen-bond donors (Lipinski definition) is 1. The maximum atomic E-state index is 13.8. The second-order valence-electron chi connectivity index (χ2n) is 19.6. The first-order valence-corrected chi connectivity index (χ1v) is 30.1. The van der Waals surface area contributed by atoms with Gasteiger partial charge in [-0.05, 0) is 49.7 Å². The molecule has 8 heteroatoms.